The molecule has 21 heavy (non-hydrogen) atoms. The maximum Gasteiger partial charge on any atom is 0.187 e. The zero-order chi connectivity index (χ0) is 15.8. The van der Waals surface area contributed by atoms with E-state index >= 15 is 0 Å². The molecule has 0 saturated carbocycles. The molecule has 5 nitrogen and oxygen atoms in total. The Morgan fingerprint density at radius 2 is 1.95 bits per heavy atom. The highest BCUT2D eigenvalue weighted by molar-refractivity contribution is 5.56. The Bertz CT molecular complexity index is 621. The average molecular weight is 281 g/mol. The Balaban J connectivity index is 2.77. The van der Waals surface area contributed by atoms with E-state index in [1.54, 1.807) is 0 Å². The van der Waals surface area contributed by atoms with Crippen LogP contribution in [0.3, 0.4) is 0 Å². The lowest BCUT2D eigenvalue weighted by atomic mass is 9.57. The van der Waals surface area contributed by atoms with Gasteiger partial charge in [-0.15, -0.1) is 0 Å². The molecule has 2 unspecified atom stereocenters. The van der Waals surface area contributed by atoms with E-state index in [0.717, 1.165) is 18.7 Å². The lowest BCUT2D eigenvalue weighted by Crippen LogP contribution is -2.50. The van der Waals surface area contributed by atoms with E-state index in [0.29, 0.717) is 5.57 Å². The number of nitriles is 3. The summed E-state index contributed by atoms with van der Waals surface area (Å²) in [5, 5.41) is 28.8. The van der Waals surface area contributed by atoms with Gasteiger partial charge in [0.25, 0.3) is 0 Å². The summed E-state index contributed by atoms with van der Waals surface area (Å²) < 4.78 is 0. The highest BCUT2D eigenvalue weighted by atomic mass is 15.1. The average Bonchev–Trinajstić information content (AvgIpc) is 2.46. The molecule has 2 atom stereocenters. The molecule has 0 fully saturated rings. The number of likely N-dealkylation sites (N-methyl/N-ethyl adjacent to an activating group) is 1. The number of nitrogens with two attached hydrogens (primary N) is 1. The molecule has 0 aromatic carbocycles. The van der Waals surface area contributed by atoms with Crippen LogP contribution in [0.2, 0.25) is 0 Å². The van der Waals surface area contributed by atoms with Crippen LogP contribution in [0.15, 0.2) is 22.9 Å². The first-order chi connectivity index (χ1) is 9.92. The van der Waals surface area contributed by atoms with Gasteiger partial charge in [-0.05, 0) is 18.5 Å². The summed E-state index contributed by atoms with van der Waals surface area (Å²) in [6, 6.07) is 6.36. The van der Waals surface area contributed by atoms with Gasteiger partial charge in [-0.2, -0.15) is 15.8 Å². The standard InChI is InChI=1S/C16H19N5/c1-10(2)14-13-7-21(3)5-4-11(13)12(6-17)15(20)16(14,8-18)9-19/h4,10,13-14H,5,7,20H2,1-3H3. The van der Waals surface area contributed by atoms with Crippen molar-refractivity contribution in [1.29, 1.82) is 15.8 Å². The Kier molecular flexibility index (Phi) is 3.77. The van der Waals surface area contributed by atoms with Crippen LogP contribution in [0.1, 0.15) is 13.8 Å². The smallest absolute Gasteiger partial charge is 0.187 e. The maximum absolute atomic E-state index is 9.67. The van der Waals surface area contributed by atoms with Crippen LogP contribution >= 0.6 is 0 Å². The minimum Gasteiger partial charge on any atom is -0.399 e. The molecule has 0 radical (unpaired) electrons. The number of hydrogen-bond donors (Lipinski definition) is 1. The van der Waals surface area contributed by atoms with Crippen LogP contribution in [0.25, 0.3) is 0 Å². The van der Waals surface area contributed by atoms with Crippen molar-refractivity contribution >= 4 is 0 Å². The third kappa shape index (κ3) is 2.00. The molecule has 1 aliphatic heterocycles. The van der Waals surface area contributed by atoms with Crippen LogP contribution in [0, 0.1) is 57.2 Å². The second-order valence-electron chi connectivity index (χ2n) is 6.19. The Labute approximate surface area is 125 Å². The van der Waals surface area contributed by atoms with E-state index in [2.05, 4.69) is 23.1 Å². The van der Waals surface area contributed by atoms with Gasteiger partial charge in [0.1, 0.15) is 6.07 Å². The minimum absolute atomic E-state index is 0.00926. The van der Waals surface area contributed by atoms with E-state index in [1.807, 2.05) is 27.0 Å². The van der Waals surface area contributed by atoms with Crippen LogP contribution in [-0.4, -0.2) is 25.0 Å². The fraction of sp³-hybridized carbons (Fsp3) is 0.562. The molecule has 0 saturated heterocycles. The molecule has 2 rings (SSSR count). The Morgan fingerprint density at radius 3 is 2.43 bits per heavy atom. The lowest BCUT2D eigenvalue weighted by molar-refractivity contribution is 0.143. The van der Waals surface area contributed by atoms with Crippen LogP contribution in [0.5, 0.6) is 0 Å². The largest absolute Gasteiger partial charge is 0.399 e. The van der Waals surface area contributed by atoms with E-state index in [4.69, 9.17) is 5.73 Å². The van der Waals surface area contributed by atoms with E-state index in [-0.39, 0.29) is 23.5 Å². The molecule has 0 amide bonds. The highest BCUT2D eigenvalue weighted by Crippen LogP contribution is 2.51. The van der Waals surface area contributed by atoms with Gasteiger partial charge >= 0.3 is 0 Å². The summed E-state index contributed by atoms with van der Waals surface area (Å²) in [6.45, 7) is 5.50. The van der Waals surface area contributed by atoms with Gasteiger partial charge in [0.15, 0.2) is 5.41 Å². The number of rotatable bonds is 1. The molecule has 0 spiro atoms. The van der Waals surface area contributed by atoms with Crippen molar-refractivity contribution < 1.29 is 0 Å². The molecular formula is C16H19N5. The van der Waals surface area contributed by atoms with Gasteiger partial charge < -0.3 is 10.6 Å². The van der Waals surface area contributed by atoms with Crippen LogP contribution in [0.4, 0.5) is 0 Å². The fourth-order valence-electron chi connectivity index (χ4n) is 3.73. The normalized spacial score (nSPS) is 28.1. The molecule has 1 aliphatic carbocycles. The molecule has 0 aromatic rings. The second-order valence-corrected chi connectivity index (χ2v) is 6.19. The zero-order valence-electron chi connectivity index (χ0n) is 12.6. The molecule has 2 N–H and O–H groups in total. The van der Waals surface area contributed by atoms with Crippen LogP contribution in [-0.2, 0) is 0 Å². The molecule has 2 aliphatic rings. The van der Waals surface area contributed by atoms with Gasteiger partial charge in [0.2, 0.25) is 0 Å². The van der Waals surface area contributed by atoms with Crippen LogP contribution < -0.4 is 5.73 Å². The predicted octanol–water partition coefficient (Wildman–Crippen LogP) is 1.53. The molecule has 5 heteroatoms. The topological polar surface area (TPSA) is 101 Å². The zero-order valence-corrected chi connectivity index (χ0v) is 12.6. The van der Waals surface area contributed by atoms with Crippen molar-refractivity contribution in [3.63, 3.8) is 0 Å². The lowest BCUT2D eigenvalue weighted by Gasteiger charge is -2.46. The van der Waals surface area contributed by atoms with Crippen molar-refractivity contribution in [2.24, 2.45) is 28.9 Å². The molecular weight excluding hydrogens is 262 g/mol. The summed E-state index contributed by atoms with van der Waals surface area (Å²) in [5.41, 5.74) is 6.06. The summed E-state index contributed by atoms with van der Waals surface area (Å²) >= 11 is 0. The fourth-order valence-corrected chi connectivity index (χ4v) is 3.73. The van der Waals surface area contributed by atoms with Gasteiger partial charge in [-0.3, -0.25) is 0 Å². The van der Waals surface area contributed by atoms with Gasteiger partial charge in [0.05, 0.1) is 23.4 Å². The molecule has 108 valence electrons. The third-order valence-electron chi connectivity index (χ3n) is 4.63. The van der Waals surface area contributed by atoms with E-state index < -0.39 is 5.41 Å². The minimum atomic E-state index is -1.42. The summed E-state index contributed by atoms with van der Waals surface area (Å²) in [7, 11) is 2.00. The van der Waals surface area contributed by atoms with Gasteiger partial charge in [-0.1, -0.05) is 19.9 Å². The quantitative estimate of drug-likeness (QED) is 0.785. The van der Waals surface area contributed by atoms with Crippen molar-refractivity contribution in [3.8, 4) is 18.2 Å². The first kappa shape index (κ1) is 15.1. The monoisotopic (exact) mass is 281 g/mol. The first-order valence-corrected chi connectivity index (χ1v) is 7.04. The first-order valence-electron chi connectivity index (χ1n) is 7.04. The number of allylic oxidation sites excluding steroid dienone is 2. The third-order valence-corrected chi connectivity index (χ3v) is 4.63. The number of hydrogen-bond acceptors (Lipinski definition) is 5. The van der Waals surface area contributed by atoms with Gasteiger partial charge in [0, 0.05) is 24.9 Å². The molecule has 0 aromatic heterocycles. The Hall–Kier alpha value is -2.29. The summed E-state index contributed by atoms with van der Waals surface area (Å²) in [6.07, 6.45) is 2.01. The molecule has 1 heterocycles. The predicted molar refractivity (Wildman–Crippen MR) is 77.9 cm³/mol. The van der Waals surface area contributed by atoms with Gasteiger partial charge in [-0.25, -0.2) is 0 Å². The SMILES string of the molecule is CC(C)C1C2CN(C)CC=C2C(C#N)=C(N)C1(C#N)C#N. The van der Waals surface area contributed by atoms with E-state index in [1.165, 1.54) is 0 Å². The summed E-state index contributed by atoms with van der Waals surface area (Å²) in [4.78, 5) is 2.14. The number of fused-ring (bicyclic) bond motifs is 1. The highest BCUT2D eigenvalue weighted by Gasteiger charge is 2.54. The van der Waals surface area contributed by atoms with Crippen molar-refractivity contribution in [3.05, 3.63) is 22.9 Å². The second kappa shape index (κ2) is 5.24. The summed E-state index contributed by atoms with van der Waals surface area (Å²) in [5.74, 6) is -0.105. The van der Waals surface area contributed by atoms with Crippen molar-refractivity contribution in [2.45, 2.75) is 13.8 Å². The van der Waals surface area contributed by atoms with Crippen molar-refractivity contribution in [2.75, 3.05) is 20.1 Å². The van der Waals surface area contributed by atoms with E-state index in [9.17, 15) is 15.8 Å². The Morgan fingerprint density at radius 1 is 1.33 bits per heavy atom. The number of nitrogens with zero attached hydrogens (tertiary/aromatic N) is 4. The molecule has 0 bridgehead atoms. The maximum atomic E-state index is 9.67. The van der Waals surface area contributed by atoms with Crippen molar-refractivity contribution in [1.82, 2.24) is 4.90 Å².